The Morgan fingerprint density at radius 1 is 1.56 bits per heavy atom. The van der Waals surface area contributed by atoms with Crippen LogP contribution < -0.4 is 5.32 Å². The predicted octanol–water partition coefficient (Wildman–Crippen LogP) is 3.55. The number of thiazole rings is 1. The normalized spacial score (nSPS) is 19.4. The molecule has 16 heavy (non-hydrogen) atoms. The molecule has 90 valence electrons. The van der Waals surface area contributed by atoms with Gasteiger partial charge in [-0.2, -0.15) is 0 Å². The standard InChI is InChI=1S/C13H22N2S/c1-10(9-11-5-4-6-11)15-13(2,3)12-14-7-8-16-12/h7-8,10-11,15H,4-6,9H2,1-3H3. The monoisotopic (exact) mass is 238 g/mol. The van der Waals surface area contributed by atoms with Gasteiger partial charge in [0.1, 0.15) is 5.01 Å². The Kier molecular flexibility index (Phi) is 3.65. The smallest absolute Gasteiger partial charge is 0.112 e. The van der Waals surface area contributed by atoms with Crippen LogP contribution in [-0.2, 0) is 5.54 Å². The Balaban J connectivity index is 1.87. The highest BCUT2D eigenvalue weighted by Crippen LogP contribution is 2.31. The maximum atomic E-state index is 4.41. The zero-order valence-corrected chi connectivity index (χ0v) is 11.3. The average molecular weight is 238 g/mol. The minimum absolute atomic E-state index is 0.0112. The molecule has 1 saturated carbocycles. The van der Waals surface area contributed by atoms with Crippen LogP contribution in [-0.4, -0.2) is 11.0 Å². The van der Waals surface area contributed by atoms with Crippen LogP contribution in [0, 0.1) is 5.92 Å². The summed E-state index contributed by atoms with van der Waals surface area (Å²) in [6, 6.07) is 0.587. The summed E-state index contributed by atoms with van der Waals surface area (Å²) in [6.07, 6.45) is 7.51. The van der Waals surface area contributed by atoms with Crippen LogP contribution >= 0.6 is 11.3 Å². The van der Waals surface area contributed by atoms with E-state index in [2.05, 4.69) is 36.5 Å². The number of nitrogens with zero attached hydrogens (tertiary/aromatic N) is 1. The van der Waals surface area contributed by atoms with E-state index in [4.69, 9.17) is 0 Å². The molecule has 0 radical (unpaired) electrons. The SMILES string of the molecule is CC(CC1CCC1)NC(C)(C)c1nccs1. The lowest BCUT2D eigenvalue weighted by molar-refractivity contribution is 0.239. The van der Waals surface area contributed by atoms with Crippen LogP contribution in [0.1, 0.15) is 51.5 Å². The molecule has 1 fully saturated rings. The summed E-state index contributed by atoms with van der Waals surface area (Å²) in [5.41, 5.74) is 0.0112. The van der Waals surface area contributed by atoms with Gasteiger partial charge in [0, 0.05) is 17.6 Å². The first-order chi connectivity index (χ1) is 7.58. The molecule has 1 heterocycles. The van der Waals surface area contributed by atoms with Crippen molar-refractivity contribution < 1.29 is 0 Å². The molecule has 0 spiro atoms. The van der Waals surface area contributed by atoms with Crippen LogP contribution in [0.25, 0.3) is 0 Å². The summed E-state index contributed by atoms with van der Waals surface area (Å²) in [6.45, 7) is 6.75. The summed E-state index contributed by atoms with van der Waals surface area (Å²) >= 11 is 1.74. The highest BCUT2D eigenvalue weighted by molar-refractivity contribution is 7.09. The molecule has 3 heteroatoms. The number of aromatic nitrogens is 1. The summed E-state index contributed by atoms with van der Waals surface area (Å²) in [5, 5.41) is 6.94. The van der Waals surface area contributed by atoms with E-state index in [0.29, 0.717) is 6.04 Å². The molecule has 2 rings (SSSR count). The molecule has 1 atom stereocenters. The summed E-state index contributed by atoms with van der Waals surface area (Å²) in [4.78, 5) is 4.41. The molecule has 1 aromatic heterocycles. The summed E-state index contributed by atoms with van der Waals surface area (Å²) in [7, 11) is 0. The molecule has 1 aromatic rings. The molecule has 1 N–H and O–H groups in total. The van der Waals surface area contributed by atoms with E-state index in [1.807, 2.05) is 6.20 Å². The van der Waals surface area contributed by atoms with E-state index in [1.54, 1.807) is 11.3 Å². The molecular weight excluding hydrogens is 216 g/mol. The van der Waals surface area contributed by atoms with E-state index in [9.17, 15) is 0 Å². The third-order valence-corrected chi connectivity index (χ3v) is 4.58. The Morgan fingerprint density at radius 2 is 2.31 bits per heavy atom. The summed E-state index contributed by atoms with van der Waals surface area (Å²) < 4.78 is 0. The van der Waals surface area contributed by atoms with Crippen molar-refractivity contribution in [3.8, 4) is 0 Å². The van der Waals surface area contributed by atoms with Gasteiger partial charge in [0.15, 0.2) is 0 Å². The lowest BCUT2D eigenvalue weighted by atomic mass is 9.81. The lowest BCUT2D eigenvalue weighted by Crippen LogP contribution is -2.43. The molecule has 0 aromatic carbocycles. The van der Waals surface area contributed by atoms with Crippen molar-refractivity contribution in [2.75, 3.05) is 0 Å². The quantitative estimate of drug-likeness (QED) is 0.848. The number of nitrogens with one attached hydrogen (secondary N) is 1. The molecule has 1 aliphatic rings. The van der Waals surface area contributed by atoms with Crippen LogP contribution in [0.4, 0.5) is 0 Å². The van der Waals surface area contributed by atoms with Crippen molar-refractivity contribution in [2.24, 2.45) is 5.92 Å². The Labute approximate surface area is 102 Å². The lowest BCUT2D eigenvalue weighted by Gasteiger charge is -2.33. The average Bonchev–Trinajstić information content (AvgIpc) is 2.63. The van der Waals surface area contributed by atoms with Crippen LogP contribution in [0.3, 0.4) is 0 Å². The molecule has 1 aliphatic carbocycles. The molecule has 0 aliphatic heterocycles. The molecule has 0 bridgehead atoms. The van der Waals surface area contributed by atoms with Gasteiger partial charge in [0.2, 0.25) is 0 Å². The first-order valence-electron chi connectivity index (χ1n) is 6.25. The van der Waals surface area contributed by atoms with Crippen molar-refractivity contribution >= 4 is 11.3 Å². The second-order valence-electron chi connectivity index (χ2n) is 5.54. The Morgan fingerprint density at radius 3 is 2.81 bits per heavy atom. The van der Waals surface area contributed by atoms with Gasteiger partial charge in [-0.25, -0.2) is 4.98 Å². The van der Waals surface area contributed by atoms with Gasteiger partial charge in [0.25, 0.3) is 0 Å². The topological polar surface area (TPSA) is 24.9 Å². The molecule has 0 saturated heterocycles. The van der Waals surface area contributed by atoms with Crippen LogP contribution in [0.5, 0.6) is 0 Å². The number of hydrogen-bond acceptors (Lipinski definition) is 3. The van der Waals surface area contributed by atoms with E-state index in [-0.39, 0.29) is 5.54 Å². The zero-order chi connectivity index (χ0) is 11.6. The molecule has 2 nitrogen and oxygen atoms in total. The molecule has 1 unspecified atom stereocenters. The maximum Gasteiger partial charge on any atom is 0.112 e. The highest BCUT2D eigenvalue weighted by atomic mass is 32.1. The number of rotatable bonds is 5. The van der Waals surface area contributed by atoms with E-state index < -0.39 is 0 Å². The number of hydrogen-bond donors (Lipinski definition) is 1. The maximum absolute atomic E-state index is 4.41. The largest absolute Gasteiger partial charge is 0.303 e. The third-order valence-electron chi connectivity index (χ3n) is 3.49. The van der Waals surface area contributed by atoms with Gasteiger partial charge in [-0.15, -0.1) is 11.3 Å². The summed E-state index contributed by atoms with van der Waals surface area (Å²) in [5.74, 6) is 0.967. The third kappa shape index (κ3) is 2.83. The molecule has 0 amide bonds. The van der Waals surface area contributed by atoms with Gasteiger partial charge in [-0.05, 0) is 33.1 Å². The minimum Gasteiger partial charge on any atom is -0.303 e. The second kappa shape index (κ2) is 4.84. The fraction of sp³-hybridized carbons (Fsp3) is 0.769. The highest BCUT2D eigenvalue weighted by Gasteiger charge is 2.27. The van der Waals surface area contributed by atoms with Crippen molar-refractivity contribution in [1.82, 2.24) is 10.3 Å². The van der Waals surface area contributed by atoms with Gasteiger partial charge in [-0.1, -0.05) is 19.3 Å². The van der Waals surface area contributed by atoms with Gasteiger partial charge < -0.3 is 5.32 Å². The van der Waals surface area contributed by atoms with Gasteiger partial charge in [0.05, 0.1) is 5.54 Å². The Bertz CT molecular complexity index is 315. The molecular formula is C13H22N2S. The fourth-order valence-corrected chi connectivity index (χ4v) is 3.22. The fourth-order valence-electron chi connectivity index (χ4n) is 2.50. The minimum atomic E-state index is 0.0112. The van der Waals surface area contributed by atoms with Crippen molar-refractivity contribution in [1.29, 1.82) is 0 Å². The zero-order valence-electron chi connectivity index (χ0n) is 10.5. The van der Waals surface area contributed by atoms with Crippen molar-refractivity contribution in [2.45, 2.75) is 58.0 Å². The second-order valence-corrected chi connectivity index (χ2v) is 6.43. The van der Waals surface area contributed by atoms with Crippen molar-refractivity contribution in [3.05, 3.63) is 16.6 Å². The van der Waals surface area contributed by atoms with Gasteiger partial charge >= 0.3 is 0 Å². The Hall–Kier alpha value is -0.410. The van der Waals surface area contributed by atoms with Crippen LogP contribution in [0.15, 0.2) is 11.6 Å². The first-order valence-corrected chi connectivity index (χ1v) is 7.13. The van der Waals surface area contributed by atoms with Crippen molar-refractivity contribution in [3.63, 3.8) is 0 Å². The van der Waals surface area contributed by atoms with Gasteiger partial charge in [-0.3, -0.25) is 0 Å². The predicted molar refractivity (Wildman–Crippen MR) is 69.7 cm³/mol. The van der Waals surface area contributed by atoms with E-state index in [1.165, 1.54) is 30.7 Å². The first kappa shape index (κ1) is 12.1. The van der Waals surface area contributed by atoms with E-state index in [0.717, 1.165) is 5.92 Å². The van der Waals surface area contributed by atoms with E-state index >= 15 is 0 Å². The van der Waals surface area contributed by atoms with Crippen LogP contribution in [0.2, 0.25) is 0 Å².